The first-order valence-corrected chi connectivity index (χ1v) is 13.3. The average Bonchev–Trinajstić information content (AvgIpc) is 3.23. The lowest BCUT2D eigenvalue weighted by atomic mass is 9.91. The summed E-state index contributed by atoms with van der Waals surface area (Å²) in [4.78, 5) is 35.7. The van der Waals surface area contributed by atoms with Gasteiger partial charge in [-0.2, -0.15) is 0 Å². The van der Waals surface area contributed by atoms with E-state index in [9.17, 15) is 9.59 Å². The number of ether oxygens (including phenoxy) is 2. The lowest BCUT2D eigenvalue weighted by Crippen LogP contribution is -2.62. The van der Waals surface area contributed by atoms with Crippen molar-refractivity contribution >= 4 is 34.4 Å². The van der Waals surface area contributed by atoms with Crippen molar-refractivity contribution in [1.82, 2.24) is 19.4 Å². The number of aromatic nitrogens is 2. The first kappa shape index (κ1) is 25.5. The lowest BCUT2D eigenvalue weighted by Gasteiger charge is -2.44. The van der Waals surface area contributed by atoms with Gasteiger partial charge < -0.3 is 23.8 Å². The van der Waals surface area contributed by atoms with E-state index in [1.807, 2.05) is 38.2 Å². The zero-order valence-electron chi connectivity index (χ0n) is 21.4. The molecule has 5 rings (SSSR count). The van der Waals surface area contributed by atoms with Crippen molar-refractivity contribution in [3.63, 3.8) is 0 Å². The number of halogens is 1. The van der Waals surface area contributed by atoms with Crippen LogP contribution in [0.25, 0.3) is 11.0 Å². The SMILES string of the molecule is CCN1CCOc2ccccc2CCCCC2(CN(C(=O)c3nc4cc(Cl)ccc4n3C)CCO2)C1=O. The molecule has 9 heteroatoms. The highest BCUT2D eigenvalue weighted by Gasteiger charge is 2.47. The number of fused-ring (bicyclic) bond motifs is 2. The lowest BCUT2D eigenvalue weighted by molar-refractivity contribution is -0.170. The van der Waals surface area contributed by atoms with Crippen molar-refractivity contribution in [1.29, 1.82) is 0 Å². The van der Waals surface area contributed by atoms with Gasteiger partial charge in [-0.05, 0) is 62.4 Å². The van der Waals surface area contributed by atoms with Gasteiger partial charge in [-0.15, -0.1) is 0 Å². The molecule has 37 heavy (non-hydrogen) atoms. The summed E-state index contributed by atoms with van der Waals surface area (Å²) in [6.07, 6.45) is 3.10. The van der Waals surface area contributed by atoms with Crippen LogP contribution in [0, 0.1) is 0 Å². The summed E-state index contributed by atoms with van der Waals surface area (Å²) >= 11 is 6.14. The Morgan fingerprint density at radius 2 is 1.97 bits per heavy atom. The van der Waals surface area contributed by atoms with E-state index in [0.717, 1.165) is 30.5 Å². The molecule has 0 aliphatic carbocycles. The minimum atomic E-state index is -1.09. The van der Waals surface area contributed by atoms with Crippen molar-refractivity contribution in [3.8, 4) is 5.75 Å². The van der Waals surface area contributed by atoms with Crippen molar-refractivity contribution in [3.05, 3.63) is 58.9 Å². The third-order valence-electron chi connectivity index (χ3n) is 7.43. The summed E-state index contributed by atoms with van der Waals surface area (Å²) in [6, 6.07) is 13.5. The summed E-state index contributed by atoms with van der Waals surface area (Å²) in [5.41, 5.74) is 1.59. The maximum Gasteiger partial charge on any atom is 0.290 e. The molecule has 2 amide bonds. The Labute approximate surface area is 222 Å². The third kappa shape index (κ3) is 5.05. The van der Waals surface area contributed by atoms with E-state index in [-0.39, 0.29) is 18.4 Å². The summed E-state index contributed by atoms with van der Waals surface area (Å²) in [5.74, 6) is 0.918. The monoisotopic (exact) mass is 524 g/mol. The van der Waals surface area contributed by atoms with Gasteiger partial charge in [0, 0.05) is 25.2 Å². The average molecular weight is 525 g/mol. The van der Waals surface area contributed by atoms with Crippen LogP contribution in [0.4, 0.5) is 0 Å². The standard InChI is InChI=1S/C28H33ClN4O4/c1-3-32-14-16-36-24-10-5-4-8-20(24)9-6-7-13-28(27(32)35)19-33(15-17-37-28)26(34)25-30-22-18-21(29)11-12-23(22)31(25)2/h4-5,8,10-12,18H,3,6-7,9,13-17,19H2,1-2H3. The van der Waals surface area contributed by atoms with E-state index in [1.165, 1.54) is 5.56 Å². The van der Waals surface area contributed by atoms with Gasteiger partial charge in [0.15, 0.2) is 11.4 Å². The molecule has 1 saturated heterocycles. The number of likely N-dealkylation sites (N-methyl/N-ethyl adjacent to an activating group) is 1. The predicted molar refractivity (Wildman–Crippen MR) is 142 cm³/mol. The number of rotatable bonds is 2. The Morgan fingerprint density at radius 3 is 2.81 bits per heavy atom. The number of hydrogen-bond donors (Lipinski definition) is 0. The summed E-state index contributed by atoms with van der Waals surface area (Å²) in [7, 11) is 1.82. The molecular weight excluding hydrogens is 492 g/mol. The van der Waals surface area contributed by atoms with Gasteiger partial charge in [0.25, 0.3) is 11.8 Å². The number of carbonyl (C=O) groups is 2. The fraction of sp³-hybridized carbons (Fsp3) is 0.464. The zero-order valence-corrected chi connectivity index (χ0v) is 22.2. The molecule has 1 aromatic heterocycles. The van der Waals surface area contributed by atoms with Crippen molar-refractivity contribution in [2.75, 3.05) is 39.4 Å². The molecular formula is C28H33ClN4O4. The Hall–Kier alpha value is -3.10. The number of nitrogens with zero attached hydrogens (tertiary/aromatic N) is 4. The Kier molecular flexibility index (Phi) is 7.40. The van der Waals surface area contributed by atoms with E-state index in [4.69, 9.17) is 21.1 Å². The highest BCUT2D eigenvalue weighted by atomic mass is 35.5. The normalized spacial score (nSPS) is 21.3. The van der Waals surface area contributed by atoms with E-state index in [1.54, 1.807) is 26.5 Å². The maximum atomic E-state index is 13.9. The van der Waals surface area contributed by atoms with Crippen LogP contribution in [0.1, 0.15) is 42.4 Å². The second-order valence-electron chi connectivity index (χ2n) is 9.75. The topological polar surface area (TPSA) is 76.9 Å². The fourth-order valence-electron chi connectivity index (χ4n) is 5.39. The first-order valence-electron chi connectivity index (χ1n) is 13.0. The fourth-order valence-corrected chi connectivity index (χ4v) is 5.55. The van der Waals surface area contributed by atoms with Crippen molar-refractivity contribution in [2.45, 2.75) is 38.2 Å². The van der Waals surface area contributed by atoms with Crippen LogP contribution in [-0.2, 0) is 23.0 Å². The van der Waals surface area contributed by atoms with E-state index in [2.05, 4.69) is 11.1 Å². The van der Waals surface area contributed by atoms with Gasteiger partial charge in [-0.3, -0.25) is 9.59 Å². The number of imidazole rings is 1. The number of amides is 2. The van der Waals surface area contributed by atoms with Gasteiger partial charge in [-0.1, -0.05) is 29.8 Å². The smallest absolute Gasteiger partial charge is 0.290 e. The second kappa shape index (κ2) is 10.7. The number of aryl methyl sites for hydroxylation is 2. The number of morpholine rings is 1. The minimum absolute atomic E-state index is 0.0817. The molecule has 1 spiro atoms. The Morgan fingerprint density at radius 1 is 1.14 bits per heavy atom. The van der Waals surface area contributed by atoms with Crippen LogP contribution in [0.5, 0.6) is 5.75 Å². The largest absolute Gasteiger partial charge is 0.491 e. The number of benzene rings is 2. The summed E-state index contributed by atoms with van der Waals surface area (Å²) in [6.45, 7) is 4.25. The zero-order chi connectivity index (χ0) is 26.0. The molecule has 2 aliphatic heterocycles. The van der Waals surface area contributed by atoms with Crippen LogP contribution in [-0.4, -0.2) is 76.2 Å². The van der Waals surface area contributed by atoms with Crippen molar-refractivity contribution in [2.24, 2.45) is 7.05 Å². The quantitative estimate of drug-likeness (QED) is 0.504. The van der Waals surface area contributed by atoms with Crippen LogP contribution >= 0.6 is 11.6 Å². The van der Waals surface area contributed by atoms with Crippen LogP contribution in [0.3, 0.4) is 0 Å². The molecule has 196 valence electrons. The summed E-state index contributed by atoms with van der Waals surface area (Å²) < 4.78 is 14.1. The van der Waals surface area contributed by atoms with Crippen LogP contribution in [0.15, 0.2) is 42.5 Å². The summed E-state index contributed by atoms with van der Waals surface area (Å²) in [5, 5.41) is 0.569. The molecule has 1 unspecified atom stereocenters. The molecule has 2 aromatic carbocycles. The first-order chi connectivity index (χ1) is 17.9. The van der Waals surface area contributed by atoms with Gasteiger partial charge in [0.2, 0.25) is 0 Å². The van der Waals surface area contributed by atoms with Crippen LogP contribution < -0.4 is 4.74 Å². The highest BCUT2D eigenvalue weighted by Crippen LogP contribution is 2.30. The Bertz CT molecular complexity index is 1310. The maximum absolute atomic E-state index is 13.9. The highest BCUT2D eigenvalue weighted by molar-refractivity contribution is 6.31. The van der Waals surface area contributed by atoms with Gasteiger partial charge >= 0.3 is 0 Å². The minimum Gasteiger partial charge on any atom is -0.491 e. The molecule has 0 radical (unpaired) electrons. The Balaban J connectivity index is 1.41. The number of hydrogen-bond acceptors (Lipinski definition) is 5. The molecule has 8 nitrogen and oxygen atoms in total. The molecule has 3 heterocycles. The number of carbonyl (C=O) groups excluding carboxylic acids is 2. The third-order valence-corrected chi connectivity index (χ3v) is 7.67. The van der Waals surface area contributed by atoms with Crippen molar-refractivity contribution < 1.29 is 19.1 Å². The molecule has 0 saturated carbocycles. The van der Waals surface area contributed by atoms with Gasteiger partial charge in [0.05, 0.1) is 30.7 Å². The van der Waals surface area contributed by atoms with Crippen LogP contribution in [0.2, 0.25) is 5.02 Å². The van der Waals surface area contributed by atoms with E-state index < -0.39 is 5.60 Å². The molecule has 1 fully saturated rings. The molecule has 2 aliphatic rings. The molecule has 0 bridgehead atoms. The van der Waals surface area contributed by atoms with Gasteiger partial charge in [-0.25, -0.2) is 4.98 Å². The molecule has 0 N–H and O–H groups in total. The second-order valence-corrected chi connectivity index (χ2v) is 10.2. The van der Waals surface area contributed by atoms with E-state index >= 15 is 0 Å². The molecule has 1 atom stereocenters. The molecule has 3 aromatic rings. The predicted octanol–water partition coefficient (Wildman–Crippen LogP) is 4.09. The number of para-hydroxylation sites is 1. The van der Waals surface area contributed by atoms with Gasteiger partial charge in [0.1, 0.15) is 12.4 Å². The van der Waals surface area contributed by atoms with E-state index in [0.29, 0.717) is 55.6 Å².